The molecular weight excluding hydrogens is 106 g/mol. The molecule has 0 atom stereocenters. The van der Waals surface area contributed by atoms with Crippen LogP contribution in [-0.2, 0) is 7.05 Å². The minimum atomic E-state index is -0.0949. The molecule has 44 valence electrons. The van der Waals surface area contributed by atoms with Crippen molar-refractivity contribution < 1.29 is 4.52 Å². The van der Waals surface area contributed by atoms with Gasteiger partial charge in [-0.2, -0.15) is 4.74 Å². The summed E-state index contributed by atoms with van der Waals surface area (Å²) in [6.07, 6.45) is 0. The molecule has 8 heavy (non-hydrogen) atoms. The van der Waals surface area contributed by atoms with E-state index in [1.165, 1.54) is 10.8 Å². The van der Waals surface area contributed by atoms with Gasteiger partial charge in [-0.1, -0.05) is 0 Å². The van der Waals surface area contributed by atoms with Crippen molar-refractivity contribution in [1.29, 1.82) is 0 Å². The number of aryl methyl sites for hydroxylation is 2. The van der Waals surface area contributed by atoms with E-state index in [9.17, 15) is 4.79 Å². The smallest absolute Gasteiger partial charge is 0.282 e. The monoisotopic (exact) mass is 113 g/mol. The minimum absolute atomic E-state index is 0.0949. The first-order valence-corrected chi connectivity index (χ1v) is 2.34. The largest absolute Gasteiger partial charge is 0.381 e. The number of nitrogens with zero attached hydrogens (tertiary/aromatic N) is 1. The van der Waals surface area contributed by atoms with Crippen LogP contribution in [0, 0.1) is 6.92 Å². The molecule has 1 aromatic rings. The van der Waals surface area contributed by atoms with Gasteiger partial charge in [0.15, 0.2) is 0 Å². The summed E-state index contributed by atoms with van der Waals surface area (Å²) in [7, 11) is 1.58. The first-order chi connectivity index (χ1) is 3.70. The molecule has 0 radical (unpaired) electrons. The second kappa shape index (κ2) is 1.51. The normalized spacial score (nSPS) is 9.75. The van der Waals surface area contributed by atoms with Crippen LogP contribution in [0.4, 0.5) is 0 Å². The van der Waals surface area contributed by atoms with Gasteiger partial charge in [-0.3, -0.25) is 4.79 Å². The zero-order chi connectivity index (χ0) is 6.15. The molecule has 0 saturated heterocycles. The third-order valence-corrected chi connectivity index (χ3v) is 0.918. The molecule has 0 fully saturated rings. The Kier molecular flexibility index (Phi) is 0.970. The van der Waals surface area contributed by atoms with Gasteiger partial charge in [0.25, 0.3) is 5.56 Å². The summed E-state index contributed by atoms with van der Waals surface area (Å²) in [5.74, 6) is 0.650. The van der Waals surface area contributed by atoms with E-state index < -0.39 is 0 Å². The molecule has 0 spiro atoms. The lowest BCUT2D eigenvalue weighted by Gasteiger charge is -1.80. The fourth-order valence-corrected chi connectivity index (χ4v) is 0.552. The third kappa shape index (κ3) is 0.665. The van der Waals surface area contributed by atoms with Gasteiger partial charge in [0, 0.05) is 13.1 Å². The Labute approximate surface area is 46.5 Å². The van der Waals surface area contributed by atoms with Gasteiger partial charge < -0.3 is 4.52 Å². The Morgan fingerprint density at radius 3 is 2.50 bits per heavy atom. The molecule has 0 saturated carbocycles. The zero-order valence-corrected chi connectivity index (χ0v) is 4.84. The van der Waals surface area contributed by atoms with E-state index in [1.807, 2.05) is 0 Å². The van der Waals surface area contributed by atoms with E-state index in [-0.39, 0.29) is 5.56 Å². The molecule has 0 unspecified atom stereocenters. The van der Waals surface area contributed by atoms with Gasteiger partial charge in [-0.15, -0.1) is 0 Å². The highest BCUT2D eigenvalue weighted by molar-refractivity contribution is 4.89. The molecule has 0 N–H and O–H groups in total. The second-order valence-electron chi connectivity index (χ2n) is 1.68. The van der Waals surface area contributed by atoms with E-state index in [0.717, 1.165) is 0 Å². The fraction of sp³-hybridized carbons (Fsp3) is 0.400. The zero-order valence-electron chi connectivity index (χ0n) is 4.84. The summed E-state index contributed by atoms with van der Waals surface area (Å²) < 4.78 is 6.01. The molecule has 0 aliphatic rings. The molecule has 0 aromatic carbocycles. The summed E-state index contributed by atoms with van der Waals surface area (Å²) in [5.41, 5.74) is -0.0949. The number of hydrogen-bond donors (Lipinski definition) is 0. The Balaban J connectivity index is 3.35. The Morgan fingerprint density at radius 2 is 2.38 bits per heavy atom. The van der Waals surface area contributed by atoms with Gasteiger partial charge in [0.2, 0.25) is 0 Å². The van der Waals surface area contributed by atoms with Crippen LogP contribution in [-0.4, -0.2) is 4.74 Å². The van der Waals surface area contributed by atoms with Crippen LogP contribution in [0.5, 0.6) is 0 Å². The highest BCUT2D eigenvalue weighted by atomic mass is 16.5. The molecule has 0 amide bonds. The lowest BCUT2D eigenvalue weighted by atomic mass is 10.5. The van der Waals surface area contributed by atoms with E-state index in [2.05, 4.69) is 0 Å². The van der Waals surface area contributed by atoms with Crippen LogP contribution in [0.3, 0.4) is 0 Å². The van der Waals surface area contributed by atoms with Crippen LogP contribution in [0.25, 0.3) is 0 Å². The number of rotatable bonds is 0. The molecule has 1 heterocycles. The van der Waals surface area contributed by atoms with E-state index in [1.54, 1.807) is 14.0 Å². The van der Waals surface area contributed by atoms with Crippen LogP contribution in [0.1, 0.15) is 5.76 Å². The maximum atomic E-state index is 10.5. The summed E-state index contributed by atoms with van der Waals surface area (Å²) in [6.45, 7) is 1.74. The van der Waals surface area contributed by atoms with Crippen LogP contribution >= 0.6 is 0 Å². The summed E-state index contributed by atoms with van der Waals surface area (Å²) in [6, 6.07) is 1.44. The highest BCUT2D eigenvalue weighted by Gasteiger charge is 1.92. The molecule has 0 aliphatic heterocycles. The predicted octanol–water partition coefficient (Wildman–Crippen LogP) is 0.287. The first kappa shape index (κ1) is 5.15. The SMILES string of the molecule is Cc1cc(=O)n(C)o1. The Hall–Kier alpha value is -0.990. The number of aromatic nitrogens is 1. The molecule has 3 heteroatoms. The van der Waals surface area contributed by atoms with Crippen molar-refractivity contribution in [3.8, 4) is 0 Å². The lowest BCUT2D eigenvalue weighted by Crippen LogP contribution is -2.06. The third-order valence-electron chi connectivity index (χ3n) is 0.918. The maximum Gasteiger partial charge on any atom is 0.282 e. The van der Waals surface area contributed by atoms with Crippen molar-refractivity contribution >= 4 is 0 Å². The molecular formula is C5H7NO2. The van der Waals surface area contributed by atoms with Gasteiger partial charge in [0.1, 0.15) is 5.76 Å². The topological polar surface area (TPSA) is 35.1 Å². The summed E-state index contributed by atoms with van der Waals surface area (Å²) >= 11 is 0. The van der Waals surface area contributed by atoms with Crippen molar-refractivity contribution in [1.82, 2.24) is 4.74 Å². The predicted molar refractivity (Wildman–Crippen MR) is 28.7 cm³/mol. The van der Waals surface area contributed by atoms with Crippen LogP contribution in [0.2, 0.25) is 0 Å². The summed E-state index contributed by atoms with van der Waals surface area (Å²) in [4.78, 5) is 10.5. The van der Waals surface area contributed by atoms with Gasteiger partial charge >= 0.3 is 0 Å². The van der Waals surface area contributed by atoms with Crippen molar-refractivity contribution in [2.75, 3.05) is 0 Å². The van der Waals surface area contributed by atoms with Crippen LogP contribution < -0.4 is 5.56 Å². The fourth-order valence-electron chi connectivity index (χ4n) is 0.552. The van der Waals surface area contributed by atoms with Crippen molar-refractivity contribution in [3.05, 3.63) is 22.2 Å². The Bertz CT molecular complexity index is 233. The van der Waals surface area contributed by atoms with E-state index in [0.29, 0.717) is 5.76 Å². The van der Waals surface area contributed by atoms with Crippen LogP contribution in [0.15, 0.2) is 15.4 Å². The van der Waals surface area contributed by atoms with Gasteiger partial charge in [-0.25, -0.2) is 0 Å². The average Bonchev–Trinajstić information content (AvgIpc) is 1.85. The van der Waals surface area contributed by atoms with Crippen molar-refractivity contribution in [2.24, 2.45) is 7.05 Å². The van der Waals surface area contributed by atoms with Gasteiger partial charge in [0.05, 0.1) is 0 Å². The van der Waals surface area contributed by atoms with E-state index in [4.69, 9.17) is 4.52 Å². The summed E-state index contributed by atoms with van der Waals surface area (Å²) in [5, 5.41) is 0. The Morgan fingerprint density at radius 1 is 1.75 bits per heavy atom. The lowest BCUT2D eigenvalue weighted by molar-refractivity contribution is 0.283. The molecule has 0 bridgehead atoms. The quantitative estimate of drug-likeness (QED) is 0.484. The second-order valence-corrected chi connectivity index (χ2v) is 1.68. The average molecular weight is 113 g/mol. The maximum absolute atomic E-state index is 10.5. The minimum Gasteiger partial charge on any atom is -0.381 e. The van der Waals surface area contributed by atoms with Crippen molar-refractivity contribution in [3.63, 3.8) is 0 Å². The van der Waals surface area contributed by atoms with E-state index >= 15 is 0 Å². The number of hydrogen-bond acceptors (Lipinski definition) is 2. The standard InChI is InChI=1S/C5H7NO2/c1-4-3-5(7)6(2)8-4/h3H,1-2H3. The molecule has 0 aliphatic carbocycles. The highest BCUT2D eigenvalue weighted by Crippen LogP contribution is 1.87. The van der Waals surface area contributed by atoms with Crippen molar-refractivity contribution in [2.45, 2.75) is 6.92 Å². The molecule has 1 rings (SSSR count). The molecule has 3 nitrogen and oxygen atoms in total. The molecule has 1 aromatic heterocycles. The first-order valence-electron chi connectivity index (χ1n) is 2.34. The van der Waals surface area contributed by atoms with Gasteiger partial charge in [-0.05, 0) is 6.92 Å².